The van der Waals surface area contributed by atoms with Crippen LogP contribution in [0.15, 0.2) is 24.3 Å². The lowest BCUT2D eigenvalue weighted by molar-refractivity contribution is -0.135. The molecule has 0 radical (unpaired) electrons. The Balaban J connectivity index is 1.99. The molecule has 0 aliphatic heterocycles. The summed E-state index contributed by atoms with van der Waals surface area (Å²) in [5, 5.41) is 3.00. The van der Waals surface area contributed by atoms with Crippen molar-refractivity contribution >= 4 is 19.5 Å². The Morgan fingerprint density at radius 3 is 1.90 bits per heavy atom. The minimum atomic E-state index is -4.76. The van der Waals surface area contributed by atoms with Crippen LogP contribution < -0.4 is 10.1 Å². The molecule has 0 unspecified atom stereocenters. The van der Waals surface area contributed by atoms with E-state index in [0.717, 1.165) is 17.9 Å². The summed E-state index contributed by atoms with van der Waals surface area (Å²) >= 11 is 0. The van der Waals surface area contributed by atoms with Gasteiger partial charge in [0.1, 0.15) is 5.75 Å². The standard InChI is InChI=1S/C23H40NO6P/c1-2-3-4-5-6-7-8-9-10-11-12-13-20-29-22-16-14-21(15-17-22)24-19-18-23(25)30-31(26,27)28/h14-17,24H,2-13,18-20H2,1H3,(H2,26,27,28). The monoisotopic (exact) mass is 457 g/mol. The smallest absolute Gasteiger partial charge is 0.494 e. The normalized spacial score (nSPS) is 11.3. The lowest BCUT2D eigenvalue weighted by Gasteiger charge is -2.09. The molecule has 0 saturated carbocycles. The molecule has 8 heteroatoms. The quantitative estimate of drug-likeness (QED) is 0.168. The highest BCUT2D eigenvalue weighted by Gasteiger charge is 2.19. The molecule has 1 aromatic carbocycles. The third-order valence-corrected chi connectivity index (χ3v) is 5.44. The SMILES string of the molecule is CCCCCCCCCCCCCCOc1ccc(NCCC(=O)OP(=O)(O)O)cc1. The molecule has 0 aliphatic carbocycles. The third kappa shape index (κ3) is 16.8. The predicted octanol–water partition coefficient (Wildman–Crippen LogP) is 6.20. The first-order valence-electron chi connectivity index (χ1n) is 11.7. The number of hydrogen-bond donors (Lipinski definition) is 3. The van der Waals surface area contributed by atoms with Gasteiger partial charge in [-0.3, -0.25) is 14.6 Å². The summed E-state index contributed by atoms with van der Waals surface area (Å²) in [4.78, 5) is 28.4. The van der Waals surface area contributed by atoms with Gasteiger partial charge in [0.2, 0.25) is 0 Å². The summed E-state index contributed by atoms with van der Waals surface area (Å²) < 4.78 is 20.3. The van der Waals surface area contributed by atoms with Crippen LogP contribution in [0.2, 0.25) is 0 Å². The van der Waals surface area contributed by atoms with E-state index in [0.29, 0.717) is 6.61 Å². The van der Waals surface area contributed by atoms with Crippen molar-refractivity contribution in [2.45, 2.75) is 90.4 Å². The molecule has 0 aliphatic rings. The summed E-state index contributed by atoms with van der Waals surface area (Å²) in [6, 6.07) is 7.39. The molecule has 1 aromatic rings. The number of carbonyl (C=O) groups excluding carboxylic acids is 1. The molecule has 31 heavy (non-hydrogen) atoms. The fourth-order valence-electron chi connectivity index (χ4n) is 3.29. The van der Waals surface area contributed by atoms with Gasteiger partial charge in [-0.2, -0.15) is 0 Å². The zero-order chi connectivity index (χ0) is 22.8. The molecule has 3 N–H and O–H groups in total. The van der Waals surface area contributed by atoms with Crippen molar-refractivity contribution in [3.63, 3.8) is 0 Å². The summed E-state index contributed by atoms with van der Waals surface area (Å²) in [5.41, 5.74) is 0.793. The largest absolute Gasteiger partial charge is 0.526 e. The van der Waals surface area contributed by atoms with E-state index in [1.54, 1.807) is 0 Å². The van der Waals surface area contributed by atoms with E-state index >= 15 is 0 Å². The van der Waals surface area contributed by atoms with Crippen molar-refractivity contribution in [1.82, 2.24) is 0 Å². The Morgan fingerprint density at radius 2 is 1.39 bits per heavy atom. The molecular formula is C23H40NO6P. The third-order valence-electron chi connectivity index (χ3n) is 5.00. The number of nitrogens with one attached hydrogen (secondary N) is 1. The van der Waals surface area contributed by atoms with Crippen LogP contribution in [0.1, 0.15) is 90.4 Å². The van der Waals surface area contributed by atoms with Gasteiger partial charge in [0.05, 0.1) is 13.0 Å². The highest BCUT2D eigenvalue weighted by Crippen LogP contribution is 2.36. The lowest BCUT2D eigenvalue weighted by atomic mass is 10.1. The first-order chi connectivity index (χ1) is 14.9. The molecule has 0 aromatic heterocycles. The average molecular weight is 458 g/mol. The van der Waals surface area contributed by atoms with E-state index in [1.807, 2.05) is 24.3 Å². The molecular weight excluding hydrogens is 417 g/mol. The van der Waals surface area contributed by atoms with Crippen LogP contribution in [0, 0.1) is 0 Å². The summed E-state index contributed by atoms with van der Waals surface area (Å²) in [7, 11) is -4.76. The second kappa shape index (κ2) is 17.0. The van der Waals surface area contributed by atoms with Crippen molar-refractivity contribution < 1.29 is 28.4 Å². The maximum absolute atomic E-state index is 11.2. The van der Waals surface area contributed by atoms with Crippen LogP contribution in [-0.4, -0.2) is 28.9 Å². The highest BCUT2D eigenvalue weighted by molar-refractivity contribution is 7.46. The fourth-order valence-corrected chi connectivity index (χ4v) is 3.65. The van der Waals surface area contributed by atoms with Crippen LogP contribution in [0.4, 0.5) is 5.69 Å². The van der Waals surface area contributed by atoms with Gasteiger partial charge in [0.25, 0.3) is 0 Å². The zero-order valence-corrected chi connectivity index (χ0v) is 19.8. The highest BCUT2D eigenvalue weighted by atomic mass is 31.2. The van der Waals surface area contributed by atoms with E-state index in [9.17, 15) is 9.36 Å². The Kier molecular flexibility index (Phi) is 15.1. The number of carbonyl (C=O) groups is 1. The number of phosphoric acid groups is 1. The van der Waals surface area contributed by atoms with Crippen LogP contribution in [0.25, 0.3) is 0 Å². The van der Waals surface area contributed by atoms with Gasteiger partial charge in [-0.15, -0.1) is 0 Å². The summed E-state index contributed by atoms with van der Waals surface area (Å²) in [6.45, 7) is 3.18. The number of unbranched alkanes of at least 4 members (excludes halogenated alkanes) is 11. The molecule has 0 atom stereocenters. The maximum atomic E-state index is 11.2. The number of rotatable bonds is 19. The number of phosphoric ester groups is 1. The van der Waals surface area contributed by atoms with E-state index in [-0.39, 0.29) is 13.0 Å². The van der Waals surface area contributed by atoms with Crippen LogP contribution in [0.3, 0.4) is 0 Å². The number of anilines is 1. The fraction of sp³-hybridized carbons (Fsp3) is 0.696. The van der Waals surface area contributed by atoms with Crippen molar-refractivity contribution in [1.29, 1.82) is 0 Å². The van der Waals surface area contributed by atoms with Gasteiger partial charge in [-0.25, -0.2) is 4.57 Å². The predicted molar refractivity (Wildman–Crippen MR) is 124 cm³/mol. The maximum Gasteiger partial charge on any atom is 0.526 e. The van der Waals surface area contributed by atoms with Crippen LogP contribution in [0.5, 0.6) is 5.75 Å². The second-order valence-electron chi connectivity index (χ2n) is 7.89. The Hall–Kier alpha value is -1.56. The van der Waals surface area contributed by atoms with Gasteiger partial charge < -0.3 is 14.6 Å². The molecule has 0 saturated heterocycles. The average Bonchev–Trinajstić information content (AvgIpc) is 2.71. The van der Waals surface area contributed by atoms with E-state index in [4.69, 9.17) is 14.5 Å². The van der Waals surface area contributed by atoms with Gasteiger partial charge in [-0.05, 0) is 30.7 Å². The summed E-state index contributed by atoms with van der Waals surface area (Å²) in [6.07, 6.45) is 15.7. The topological polar surface area (TPSA) is 105 Å². The second-order valence-corrected chi connectivity index (χ2v) is 9.06. The van der Waals surface area contributed by atoms with Gasteiger partial charge in [0, 0.05) is 12.2 Å². The molecule has 0 amide bonds. The van der Waals surface area contributed by atoms with Crippen molar-refractivity contribution in [3.8, 4) is 5.75 Å². The van der Waals surface area contributed by atoms with Gasteiger partial charge >= 0.3 is 13.8 Å². The summed E-state index contributed by atoms with van der Waals surface area (Å²) in [5.74, 6) is -0.141. The molecule has 1 rings (SSSR count). The molecule has 0 fully saturated rings. The van der Waals surface area contributed by atoms with E-state index in [1.165, 1.54) is 70.6 Å². The molecule has 0 heterocycles. The van der Waals surface area contributed by atoms with Gasteiger partial charge in [0.15, 0.2) is 0 Å². The first kappa shape index (κ1) is 27.5. The Labute approximate surface area is 187 Å². The number of benzene rings is 1. The van der Waals surface area contributed by atoms with Crippen LogP contribution >= 0.6 is 7.82 Å². The van der Waals surface area contributed by atoms with Gasteiger partial charge in [-0.1, -0.05) is 77.6 Å². The minimum absolute atomic E-state index is 0.137. The zero-order valence-electron chi connectivity index (χ0n) is 18.9. The number of hydrogen-bond acceptors (Lipinski definition) is 5. The Bertz CT molecular complexity index is 631. The molecule has 178 valence electrons. The molecule has 7 nitrogen and oxygen atoms in total. The van der Waals surface area contributed by atoms with Crippen LogP contribution in [-0.2, 0) is 13.9 Å². The van der Waals surface area contributed by atoms with Crippen molar-refractivity contribution in [3.05, 3.63) is 24.3 Å². The first-order valence-corrected chi connectivity index (χ1v) is 13.2. The van der Waals surface area contributed by atoms with E-state index < -0.39 is 13.8 Å². The Morgan fingerprint density at radius 1 is 0.871 bits per heavy atom. The minimum Gasteiger partial charge on any atom is -0.494 e. The lowest BCUT2D eigenvalue weighted by Crippen LogP contribution is -2.10. The van der Waals surface area contributed by atoms with E-state index in [2.05, 4.69) is 16.8 Å². The van der Waals surface area contributed by atoms with Crippen molar-refractivity contribution in [2.75, 3.05) is 18.5 Å². The molecule has 0 bridgehead atoms. The number of ether oxygens (including phenoxy) is 1. The molecule has 0 spiro atoms. The van der Waals surface area contributed by atoms with Crippen molar-refractivity contribution in [2.24, 2.45) is 0 Å².